The van der Waals surface area contributed by atoms with Gasteiger partial charge in [-0.2, -0.15) is 5.10 Å². The third kappa shape index (κ3) is 3.87. The van der Waals surface area contributed by atoms with Crippen LogP contribution in [0.25, 0.3) is 0 Å². The van der Waals surface area contributed by atoms with Gasteiger partial charge in [-0.3, -0.25) is 5.01 Å². The van der Waals surface area contributed by atoms with Gasteiger partial charge >= 0.3 is 0 Å². The van der Waals surface area contributed by atoms with Crippen LogP contribution in [-0.2, 0) is 0 Å². The highest BCUT2D eigenvalue weighted by molar-refractivity contribution is 9.10. The first-order chi connectivity index (χ1) is 13.1. The predicted molar refractivity (Wildman–Crippen MR) is 115 cm³/mol. The minimum atomic E-state index is 0.119. The van der Waals surface area contributed by atoms with Crippen molar-refractivity contribution in [2.75, 3.05) is 12.1 Å². The molecule has 4 rings (SSSR count). The molecule has 3 nitrogen and oxygen atoms in total. The van der Waals surface area contributed by atoms with Crippen molar-refractivity contribution in [2.24, 2.45) is 5.10 Å². The van der Waals surface area contributed by atoms with Gasteiger partial charge in [0.2, 0.25) is 0 Å². The Balaban J connectivity index is 1.73. The zero-order chi connectivity index (χ0) is 18.8. The molecule has 0 unspecified atom stereocenters. The van der Waals surface area contributed by atoms with Crippen LogP contribution in [0.4, 0.5) is 5.69 Å². The maximum Gasteiger partial charge on any atom is 0.118 e. The molecular weight excluding hydrogens is 424 g/mol. The van der Waals surface area contributed by atoms with Gasteiger partial charge in [-0.15, -0.1) is 0 Å². The Hall–Kier alpha value is -2.30. The maximum absolute atomic E-state index is 6.23. The number of methoxy groups -OCH3 is 1. The molecule has 0 amide bonds. The molecular formula is C22H18BrClN2O. The van der Waals surface area contributed by atoms with E-state index in [1.807, 2.05) is 36.4 Å². The molecule has 0 saturated carbocycles. The molecule has 0 radical (unpaired) electrons. The van der Waals surface area contributed by atoms with Crippen LogP contribution in [0.2, 0.25) is 5.02 Å². The van der Waals surface area contributed by atoms with Crippen LogP contribution in [0, 0.1) is 0 Å². The summed E-state index contributed by atoms with van der Waals surface area (Å²) in [5.41, 5.74) is 4.34. The molecule has 1 heterocycles. The van der Waals surface area contributed by atoms with Crippen LogP contribution < -0.4 is 9.75 Å². The molecule has 3 aromatic carbocycles. The number of benzene rings is 3. The predicted octanol–water partition coefficient (Wildman–Crippen LogP) is 6.47. The zero-order valence-corrected chi connectivity index (χ0v) is 17.1. The molecule has 0 aromatic heterocycles. The van der Waals surface area contributed by atoms with Gasteiger partial charge in [-0.1, -0.05) is 45.7 Å². The average Bonchev–Trinajstić information content (AvgIpc) is 3.14. The van der Waals surface area contributed by atoms with E-state index in [-0.39, 0.29) is 6.04 Å². The van der Waals surface area contributed by atoms with Gasteiger partial charge in [0, 0.05) is 15.9 Å². The van der Waals surface area contributed by atoms with Crippen molar-refractivity contribution in [3.8, 4) is 5.75 Å². The Morgan fingerprint density at radius 3 is 2.44 bits per heavy atom. The van der Waals surface area contributed by atoms with E-state index < -0.39 is 0 Å². The van der Waals surface area contributed by atoms with E-state index in [4.69, 9.17) is 21.4 Å². The van der Waals surface area contributed by atoms with Crippen molar-refractivity contribution < 1.29 is 4.74 Å². The third-order valence-electron chi connectivity index (χ3n) is 4.66. The number of hydrogen-bond donors (Lipinski definition) is 0. The highest BCUT2D eigenvalue weighted by atomic mass is 79.9. The largest absolute Gasteiger partial charge is 0.497 e. The fourth-order valence-corrected chi connectivity index (χ4v) is 3.72. The number of hydrogen-bond acceptors (Lipinski definition) is 3. The van der Waals surface area contributed by atoms with Crippen molar-refractivity contribution in [3.63, 3.8) is 0 Å². The summed E-state index contributed by atoms with van der Waals surface area (Å²) in [6.07, 6.45) is 0.820. The van der Waals surface area contributed by atoms with E-state index >= 15 is 0 Å². The molecule has 0 fully saturated rings. The molecule has 136 valence electrons. The molecule has 0 bridgehead atoms. The second-order valence-corrected chi connectivity index (χ2v) is 7.72. The number of halogens is 2. The summed E-state index contributed by atoms with van der Waals surface area (Å²) in [6, 6.07) is 24.4. The monoisotopic (exact) mass is 440 g/mol. The van der Waals surface area contributed by atoms with E-state index in [0.717, 1.165) is 33.6 Å². The SMILES string of the molecule is COc1ccc(C2=NN(c3cccc(Cl)c3)[C@@H](c3ccc(Br)cc3)C2)cc1. The summed E-state index contributed by atoms with van der Waals surface area (Å²) in [4.78, 5) is 0. The average molecular weight is 442 g/mol. The summed E-state index contributed by atoms with van der Waals surface area (Å²) >= 11 is 9.74. The number of nitrogens with zero attached hydrogens (tertiary/aromatic N) is 2. The Morgan fingerprint density at radius 2 is 1.78 bits per heavy atom. The van der Waals surface area contributed by atoms with Crippen molar-refractivity contribution in [3.05, 3.63) is 93.4 Å². The lowest BCUT2D eigenvalue weighted by Gasteiger charge is -2.24. The zero-order valence-electron chi connectivity index (χ0n) is 14.8. The second-order valence-electron chi connectivity index (χ2n) is 6.37. The third-order valence-corrected chi connectivity index (χ3v) is 5.42. The lowest BCUT2D eigenvalue weighted by atomic mass is 9.98. The van der Waals surface area contributed by atoms with Gasteiger partial charge in [0.1, 0.15) is 5.75 Å². The van der Waals surface area contributed by atoms with Gasteiger partial charge < -0.3 is 4.74 Å². The fourth-order valence-electron chi connectivity index (χ4n) is 3.27. The standard InChI is InChI=1S/C22H18BrClN2O/c1-27-20-11-7-15(8-12-20)21-14-22(16-5-9-17(23)10-6-16)26(25-21)19-4-2-3-18(24)13-19/h2-13,22H,14H2,1H3/t22-/m1/s1. The number of rotatable bonds is 4. The Bertz CT molecular complexity index is 970. The first kappa shape index (κ1) is 18.1. The second kappa shape index (κ2) is 7.75. The summed E-state index contributed by atoms with van der Waals surface area (Å²) < 4.78 is 6.33. The van der Waals surface area contributed by atoms with Crippen molar-refractivity contribution >= 4 is 38.9 Å². The van der Waals surface area contributed by atoms with E-state index in [1.54, 1.807) is 7.11 Å². The molecule has 0 aliphatic carbocycles. The molecule has 0 saturated heterocycles. The van der Waals surface area contributed by atoms with E-state index in [2.05, 4.69) is 57.3 Å². The Morgan fingerprint density at radius 1 is 1.04 bits per heavy atom. The highest BCUT2D eigenvalue weighted by Gasteiger charge is 2.30. The molecule has 0 spiro atoms. The minimum absolute atomic E-state index is 0.119. The van der Waals surface area contributed by atoms with Crippen molar-refractivity contribution in [1.29, 1.82) is 0 Å². The van der Waals surface area contributed by atoms with Crippen LogP contribution in [0.1, 0.15) is 23.6 Å². The van der Waals surface area contributed by atoms with Gasteiger partial charge in [0.15, 0.2) is 0 Å². The maximum atomic E-state index is 6.23. The number of anilines is 1. The molecule has 3 aromatic rings. The molecule has 1 atom stereocenters. The molecule has 5 heteroatoms. The summed E-state index contributed by atoms with van der Waals surface area (Å²) in [6.45, 7) is 0. The van der Waals surface area contributed by atoms with Crippen molar-refractivity contribution in [2.45, 2.75) is 12.5 Å². The van der Waals surface area contributed by atoms with Crippen LogP contribution in [0.15, 0.2) is 82.4 Å². The van der Waals surface area contributed by atoms with Crippen LogP contribution in [-0.4, -0.2) is 12.8 Å². The molecule has 27 heavy (non-hydrogen) atoms. The van der Waals surface area contributed by atoms with Gasteiger partial charge in [-0.25, -0.2) is 0 Å². The minimum Gasteiger partial charge on any atom is -0.497 e. The molecule has 1 aliphatic heterocycles. The lowest BCUT2D eigenvalue weighted by molar-refractivity contribution is 0.415. The first-order valence-corrected chi connectivity index (χ1v) is 9.83. The summed E-state index contributed by atoms with van der Waals surface area (Å²) in [5.74, 6) is 0.841. The quantitative estimate of drug-likeness (QED) is 0.464. The Kier molecular flexibility index (Phi) is 5.19. The fraction of sp³-hybridized carbons (Fsp3) is 0.136. The van der Waals surface area contributed by atoms with Gasteiger partial charge in [0.05, 0.1) is 24.6 Å². The van der Waals surface area contributed by atoms with Crippen LogP contribution >= 0.6 is 27.5 Å². The Labute approximate surface area is 172 Å². The topological polar surface area (TPSA) is 24.8 Å². The normalized spacial score (nSPS) is 16.3. The molecule has 0 N–H and O–H groups in total. The van der Waals surface area contributed by atoms with Crippen molar-refractivity contribution in [1.82, 2.24) is 0 Å². The van der Waals surface area contributed by atoms with E-state index in [0.29, 0.717) is 5.02 Å². The first-order valence-electron chi connectivity index (χ1n) is 8.66. The highest BCUT2D eigenvalue weighted by Crippen LogP contribution is 2.37. The number of ether oxygens (including phenoxy) is 1. The van der Waals surface area contributed by atoms with Crippen LogP contribution in [0.3, 0.4) is 0 Å². The van der Waals surface area contributed by atoms with Crippen LogP contribution in [0.5, 0.6) is 5.75 Å². The van der Waals surface area contributed by atoms with Gasteiger partial charge in [-0.05, 0) is 65.7 Å². The lowest BCUT2D eigenvalue weighted by Crippen LogP contribution is -2.18. The number of hydrazone groups is 1. The van der Waals surface area contributed by atoms with Gasteiger partial charge in [0.25, 0.3) is 0 Å². The van der Waals surface area contributed by atoms with E-state index in [9.17, 15) is 0 Å². The smallest absolute Gasteiger partial charge is 0.118 e. The summed E-state index contributed by atoms with van der Waals surface area (Å²) in [5, 5.41) is 7.71. The summed E-state index contributed by atoms with van der Waals surface area (Å²) in [7, 11) is 1.67. The van der Waals surface area contributed by atoms with E-state index in [1.165, 1.54) is 5.56 Å². The molecule has 1 aliphatic rings.